The lowest BCUT2D eigenvalue weighted by molar-refractivity contribution is -0.158. The third-order valence-corrected chi connectivity index (χ3v) is 2.56. The number of aliphatic hydroxyl groups excluding tert-OH is 2. The largest absolute Gasteiger partial charge is 0.509 e. The number of rotatable bonds is 8. The van der Waals surface area contributed by atoms with Gasteiger partial charge < -0.3 is 29.2 Å². The first-order valence-corrected chi connectivity index (χ1v) is 8.28. The molecule has 0 heterocycles. The maximum atomic E-state index is 11.7. The van der Waals surface area contributed by atoms with Crippen LogP contribution in [0.1, 0.15) is 54.4 Å². The molecule has 152 valence electrons. The van der Waals surface area contributed by atoms with E-state index in [0.717, 1.165) is 0 Å². The SMILES string of the molecule is CC(C)(C)OC(=O)CC(CO)OC(=O)OC(CO)CC(=O)OC(C)(C)C. The maximum absolute atomic E-state index is 11.7. The summed E-state index contributed by atoms with van der Waals surface area (Å²) < 4.78 is 19.8. The summed E-state index contributed by atoms with van der Waals surface area (Å²) in [5.41, 5.74) is -1.43. The van der Waals surface area contributed by atoms with Gasteiger partial charge >= 0.3 is 18.1 Å². The molecular formula is C17H30O9. The summed E-state index contributed by atoms with van der Waals surface area (Å²) in [6.07, 6.45) is -4.29. The number of aliphatic hydroxyl groups is 2. The molecule has 0 aromatic heterocycles. The predicted octanol–water partition coefficient (Wildman–Crippen LogP) is 1.32. The van der Waals surface area contributed by atoms with Gasteiger partial charge in [-0.05, 0) is 41.5 Å². The molecule has 0 saturated heterocycles. The first kappa shape index (κ1) is 24.1. The molecule has 0 bridgehead atoms. The van der Waals surface area contributed by atoms with Crippen molar-refractivity contribution < 1.29 is 43.5 Å². The Hall–Kier alpha value is -1.87. The molecule has 0 amide bonds. The molecule has 0 saturated carbocycles. The summed E-state index contributed by atoms with van der Waals surface area (Å²) >= 11 is 0. The van der Waals surface area contributed by atoms with Crippen molar-refractivity contribution in [3.05, 3.63) is 0 Å². The minimum absolute atomic E-state index is 0.362. The zero-order valence-corrected chi connectivity index (χ0v) is 16.2. The number of hydrogen-bond acceptors (Lipinski definition) is 9. The average molecular weight is 378 g/mol. The first-order valence-electron chi connectivity index (χ1n) is 8.28. The van der Waals surface area contributed by atoms with E-state index in [4.69, 9.17) is 18.9 Å². The van der Waals surface area contributed by atoms with Crippen molar-refractivity contribution in [2.24, 2.45) is 0 Å². The number of esters is 2. The van der Waals surface area contributed by atoms with Gasteiger partial charge in [0.2, 0.25) is 0 Å². The summed E-state index contributed by atoms with van der Waals surface area (Å²) in [6, 6.07) is 0. The lowest BCUT2D eigenvalue weighted by atomic mass is 10.2. The van der Waals surface area contributed by atoms with Crippen LogP contribution in [0.3, 0.4) is 0 Å². The average Bonchev–Trinajstić information content (AvgIpc) is 2.41. The van der Waals surface area contributed by atoms with Gasteiger partial charge in [-0.25, -0.2) is 4.79 Å². The standard InChI is InChI=1S/C17H30O9/c1-16(2,3)25-13(20)7-11(9-18)23-15(22)24-12(10-19)8-14(21)26-17(4,5)6/h11-12,18-19H,7-10H2,1-6H3. The molecule has 2 atom stereocenters. The first-order chi connectivity index (χ1) is 11.8. The number of hydrogen-bond donors (Lipinski definition) is 2. The van der Waals surface area contributed by atoms with E-state index in [1.807, 2.05) is 0 Å². The lowest BCUT2D eigenvalue weighted by Gasteiger charge is -2.23. The summed E-state index contributed by atoms with van der Waals surface area (Å²) in [6.45, 7) is 8.82. The third kappa shape index (κ3) is 12.5. The van der Waals surface area contributed by atoms with Gasteiger partial charge in [-0.15, -0.1) is 0 Å². The number of carbonyl (C=O) groups excluding carboxylic acids is 3. The fourth-order valence-electron chi connectivity index (χ4n) is 1.73. The van der Waals surface area contributed by atoms with Gasteiger partial charge in [0, 0.05) is 0 Å². The van der Waals surface area contributed by atoms with Crippen LogP contribution >= 0.6 is 0 Å². The van der Waals surface area contributed by atoms with Crippen molar-refractivity contribution in [2.75, 3.05) is 13.2 Å². The van der Waals surface area contributed by atoms with E-state index in [1.165, 1.54) is 0 Å². The highest BCUT2D eigenvalue weighted by molar-refractivity contribution is 5.72. The Morgan fingerprint density at radius 2 is 1.04 bits per heavy atom. The zero-order chi connectivity index (χ0) is 20.5. The molecule has 9 heteroatoms. The highest BCUT2D eigenvalue weighted by Gasteiger charge is 2.26. The van der Waals surface area contributed by atoms with Gasteiger partial charge in [0.1, 0.15) is 23.4 Å². The summed E-state index contributed by atoms with van der Waals surface area (Å²) in [4.78, 5) is 35.1. The van der Waals surface area contributed by atoms with Crippen LogP contribution in [0.25, 0.3) is 0 Å². The fraction of sp³-hybridized carbons (Fsp3) is 0.824. The maximum Gasteiger partial charge on any atom is 0.509 e. The van der Waals surface area contributed by atoms with Crippen LogP contribution in [-0.2, 0) is 28.5 Å². The van der Waals surface area contributed by atoms with Gasteiger partial charge in [-0.3, -0.25) is 9.59 Å². The smallest absolute Gasteiger partial charge is 0.460 e. The van der Waals surface area contributed by atoms with Crippen molar-refractivity contribution in [1.82, 2.24) is 0 Å². The van der Waals surface area contributed by atoms with Crippen LogP contribution in [0.5, 0.6) is 0 Å². The van der Waals surface area contributed by atoms with Gasteiger partial charge in [-0.1, -0.05) is 0 Å². The molecule has 0 fully saturated rings. The highest BCUT2D eigenvalue weighted by atomic mass is 16.7. The van der Waals surface area contributed by atoms with Crippen LogP contribution < -0.4 is 0 Å². The lowest BCUT2D eigenvalue weighted by Crippen LogP contribution is -2.33. The zero-order valence-electron chi connectivity index (χ0n) is 16.2. The molecule has 0 aliphatic rings. The third-order valence-electron chi connectivity index (χ3n) is 2.56. The molecule has 0 aromatic carbocycles. The predicted molar refractivity (Wildman–Crippen MR) is 90.2 cm³/mol. The number of carbonyl (C=O) groups is 3. The molecule has 0 spiro atoms. The van der Waals surface area contributed by atoms with Gasteiger partial charge in [0.05, 0.1) is 26.1 Å². The Labute approximate surface area is 153 Å². The molecule has 0 radical (unpaired) electrons. The summed E-state index contributed by atoms with van der Waals surface area (Å²) in [5, 5.41) is 18.4. The molecule has 0 aromatic rings. The van der Waals surface area contributed by atoms with Crippen molar-refractivity contribution in [3.8, 4) is 0 Å². The fourth-order valence-corrected chi connectivity index (χ4v) is 1.73. The minimum atomic E-state index is -1.23. The molecule has 0 aliphatic carbocycles. The second kappa shape index (κ2) is 10.3. The van der Waals surface area contributed by atoms with E-state index >= 15 is 0 Å². The van der Waals surface area contributed by atoms with Crippen LogP contribution in [0, 0.1) is 0 Å². The molecular weight excluding hydrogens is 348 g/mol. The number of ether oxygens (including phenoxy) is 4. The van der Waals surface area contributed by atoms with E-state index in [-0.39, 0.29) is 12.8 Å². The second-order valence-electron chi connectivity index (χ2n) is 7.68. The van der Waals surface area contributed by atoms with Crippen LogP contribution in [-0.4, -0.2) is 64.9 Å². The Morgan fingerprint density at radius 3 is 1.27 bits per heavy atom. The van der Waals surface area contributed by atoms with Gasteiger partial charge in [0.25, 0.3) is 0 Å². The second-order valence-corrected chi connectivity index (χ2v) is 7.68. The van der Waals surface area contributed by atoms with Crippen LogP contribution in [0.4, 0.5) is 4.79 Å². The normalized spacial score (nSPS) is 14.2. The van der Waals surface area contributed by atoms with Crippen LogP contribution in [0.2, 0.25) is 0 Å². The molecule has 0 aliphatic heterocycles. The van der Waals surface area contributed by atoms with E-state index in [0.29, 0.717) is 0 Å². The van der Waals surface area contributed by atoms with E-state index in [2.05, 4.69) is 0 Å². The monoisotopic (exact) mass is 378 g/mol. The Morgan fingerprint density at radius 1 is 0.731 bits per heavy atom. The Bertz CT molecular complexity index is 432. The molecule has 2 unspecified atom stereocenters. The minimum Gasteiger partial charge on any atom is -0.460 e. The van der Waals surface area contributed by atoms with Crippen molar-refractivity contribution in [2.45, 2.75) is 77.8 Å². The van der Waals surface area contributed by atoms with Crippen molar-refractivity contribution >= 4 is 18.1 Å². The molecule has 26 heavy (non-hydrogen) atoms. The Kier molecular flexibility index (Phi) is 9.58. The quantitative estimate of drug-likeness (QED) is 0.474. The van der Waals surface area contributed by atoms with E-state index in [9.17, 15) is 24.6 Å². The van der Waals surface area contributed by atoms with Crippen molar-refractivity contribution in [1.29, 1.82) is 0 Å². The highest BCUT2D eigenvalue weighted by Crippen LogP contribution is 2.13. The van der Waals surface area contributed by atoms with Crippen LogP contribution in [0.15, 0.2) is 0 Å². The van der Waals surface area contributed by atoms with Crippen molar-refractivity contribution in [3.63, 3.8) is 0 Å². The molecule has 0 rings (SSSR count). The topological polar surface area (TPSA) is 129 Å². The Balaban J connectivity index is 4.52. The van der Waals surface area contributed by atoms with E-state index in [1.54, 1.807) is 41.5 Å². The van der Waals surface area contributed by atoms with E-state index < -0.39 is 54.7 Å². The van der Waals surface area contributed by atoms with Gasteiger partial charge in [-0.2, -0.15) is 0 Å². The van der Waals surface area contributed by atoms with Gasteiger partial charge in [0.15, 0.2) is 0 Å². The summed E-state index contributed by atoms with van der Waals surface area (Å²) in [5.74, 6) is -1.31. The molecule has 9 nitrogen and oxygen atoms in total. The molecule has 2 N–H and O–H groups in total. The summed E-state index contributed by atoms with van der Waals surface area (Å²) in [7, 11) is 0.